The average Bonchev–Trinajstić information content (AvgIpc) is 1.19. The van der Waals surface area contributed by atoms with Gasteiger partial charge in [-0.15, -0.1) is 11.3 Å². The lowest BCUT2D eigenvalue weighted by Crippen LogP contribution is -2.61. The lowest BCUT2D eigenvalue weighted by atomic mass is 9.33. The van der Waals surface area contributed by atoms with E-state index in [1.54, 1.807) is 16.2 Å². The third-order valence-corrected chi connectivity index (χ3v) is 18.5. The lowest BCUT2D eigenvalue weighted by molar-refractivity contribution is 0.590. The molecule has 0 saturated heterocycles. The number of para-hydroxylation sites is 4. The number of thiophene rings is 1. The van der Waals surface area contributed by atoms with Gasteiger partial charge in [0, 0.05) is 81.9 Å². The summed E-state index contributed by atoms with van der Waals surface area (Å²) in [6.45, 7) is 12.3. The molecule has 0 fully saturated rings. The summed E-state index contributed by atoms with van der Waals surface area (Å²) in [5.74, 6) is 0. The standard InChI is InChI=1S/C80H62BN3OS/c1-79(2,3)55-40-38-51(39-41-55)54-48-67-73-68(49-54)84(75-61(52-24-11-7-12-25-52)34-23-35-62(75)53-26-13-8-14-27-53)66-50-60(82(57-28-15-9-16-29-57)59-44-42-56(43-45-59)80(4,5)6)46-47-65(66)81(73)74-76(83(67)58-30-17-10-18-31-58)77-71(63-32-19-21-36-69(63)85-77)72-64-33-20-22-37-70(64)86-78(72)74/h7-50H,1-6H3/i9D,10D,15D,16D,17D,18D,28D,29D,30D,31D. The molecule has 412 valence electrons. The molecule has 0 radical (unpaired) electrons. The smallest absolute Gasteiger partial charge is 0.254 e. The molecule has 0 bridgehead atoms. The van der Waals surface area contributed by atoms with Gasteiger partial charge in [0.2, 0.25) is 0 Å². The van der Waals surface area contributed by atoms with Gasteiger partial charge in [-0.2, -0.15) is 0 Å². The highest BCUT2D eigenvalue weighted by atomic mass is 32.1. The number of rotatable bonds is 8. The highest BCUT2D eigenvalue weighted by Crippen LogP contribution is 2.55. The summed E-state index contributed by atoms with van der Waals surface area (Å²) in [4.78, 5) is 6.02. The second-order valence-electron chi connectivity index (χ2n) is 24.5. The average molecular weight is 1130 g/mol. The van der Waals surface area contributed by atoms with Gasteiger partial charge in [0.1, 0.15) is 5.58 Å². The van der Waals surface area contributed by atoms with Crippen molar-refractivity contribution in [3.63, 3.8) is 0 Å². The number of nitrogens with zero attached hydrogens (tertiary/aromatic N) is 3. The Labute approximate surface area is 521 Å². The zero-order valence-corrected chi connectivity index (χ0v) is 49.2. The molecule has 16 rings (SSSR count). The third-order valence-electron chi connectivity index (χ3n) is 17.3. The van der Waals surface area contributed by atoms with Crippen LogP contribution >= 0.6 is 11.3 Å². The van der Waals surface area contributed by atoms with E-state index in [0.717, 1.165) is 103 Å². The minimum absolute atomic E-state index is 0.0262. The number of furan rings is 1. The van der Waals surface area contributed by atoms with Gasteiger partial charge in [0.25, 0.3) is 6.71 Å². The molecule has 4 heterocycles. The second-order valence-corrected chi connectivity index (χ2v) is 25.5. The Hall–Kier alpha value is -9.88. The molecular formula is C80H62BN3OS. The maximum Gasteiger partial charge on any atom is 0.254 e. The van der Waals surface area contributed by atoms with Crippen molar-refractivity contribution in [1.82, 2.24) is 0 Å². The predicted octanol–water partition coefficient (Wildman–Crippen LogP) is 21.1. The fourth-order valence-electron chi connectivity index (χ4n) is 13.3. The van der Waals surface area contributed by atoms with Crippen LogP contribution in [0.1, 0.15) is 66.4 Å². The quantitative estimate of drug-likeness (QED) is 0.141. The first-order valence-electron chi connectivity index (χ1n) is 34.2. The van der Waals surface area contributed by atoms with E-state index in [2.05, 4.69) is 156 Å². The highest BCUT2D eigenvalue weighted by Gasteiger charge is 2.48. The second kappa shape index (κ2) is 19.9. The predicted molar refractivity (Wildman–Crippen MR) is 369 cm³/mol. The van der Waals surface area contributed by atoms with E-state index in [-0.39, 0.29) is 46.4 Å². The van der Waals surface area contributed by atoms with Gasteiger partial charge in [0.15, 0.2) is 5.58 Å². The Morgan fingerprint density at radius 3 is 1.66 bits per heavy atom. The summed E-state index contributed by atoms with van der Waals surface area (Å²) in [7, 11) is 0. The van der Waals surface area contributed by atoms with Gasteiger partial charge in [-0.3, -0.25) is 0 Å². The van der Waals surface area contributed by atoms with Crippen LogP contribution in [0.5, 0.6) is 0 Å². The Morgan fingerprint density at radius 2 is 1.01 bits per heavy atom. The molecule has 2 aliphatic heterocycles. The van der Waals surface area contributed by atoms with Gasteiger partial charge in [-0.25, -0.2) is 0 Å². The van der Waals surface area contributed by atoms with Crippen LogP contribution < -0.4 is 31.1 Å². The van der Waals surface area contributed by atoms with E-state index in [1.165, 1.54) is 0 Å². The zero-order chi connectivity index (χ0) is 66.7. The molecule has 0 atom stereocenters. The number of anilines is 9. The first-order chi connectivity index (χ1) is 46.1. The van der Waals surface area contributed by atoms with Crippen molar-refractivity contribution in [3.8, 4) is 33.4 Å². The SMILES string of the molecule is [2H]c1c([2H])c([2H])c(N(c2ccc(C(C)(C)C)cc2)c2ccc3c(c2)N(c2c(-c4ccccc4)cccc2-c2ccccc2)c2cc(-c4ccc(C(C)(C)C)cc4)cc4c2B3c2c(c3oc5ccccc5c3c3c2sc2ccccc23)N4c2c([2H])c([2H])c([2H])c([2H])c2[2H])c([2H])c1[2H]. The van der Waals surface area contributed by atoms with Gasteiger partial charge in [-0.05, 0) is 133 Å². The van der Waals surface area contributed by atoms with Gasteiger partial charge < -0.3 is 19.1 Å². The Morgan fingerprint density at radius 1 is 0.442 bits per heavy atom. The van der Waals surface area contributed by atoms with Gasteiger partial charge in [-0.1, -0.05) is 236 Å². The molecular weight excluding hydrogens is 1060 g/mol. The monoisotopic (exact) mass is 1130 g/mol. The Bertz CT molecular complexity index is 5470. The van der Waals surface area contributed by atoms with E-state index in [0.29, 0.717) is 39.6 Å². The van der Waals surface area contributed by atoms with Gasteiger partial charge >= 0.3 is 0 Å². The maximum absolute atomic E-state index is 10.1. The molecule has 14 aromatic rings. The van der Waals surface area contributed by atoms with E-state index < -0.39 is 43.0 Å². The van der Waals surface area contributed by atoms with Crippen LogP contribution in [0.3, 0.4) is 0 Å². The number of benzene rings is 12. The molecule has 6 heteroatoms. The maximum atomic E-state index is 10.1. The van der Waals surface area contributed by atoms with Crippen molar-refractivity contribution in [3.05, 3.63) is 278 Å². The first-order valence-corrected chi connectivity index (χ1v) is 30.0. The molecule has 0 unspecified atom stereocenters. The van der Waals surface area contributed by atoms with Crippen molar-refractivity contribution in [1.29, 1.82) is 0 Å². The third kappa shape index (κ3) is 8.25. The van der Waals surface area contributed by atoms with E-state index in [9.17, 15) is 11.0 Å². The summed E-state index contributed by atoms with van der Waals surface area (Å²) >= 11 is 1.65. The summed E-state index contributed by atoms with van der Waals surface area (Å²) < 4.78 is 104. The molecule has 86 heavy (non-hydrogen) atoms. The van der Waals surface area contributed by atoms with Crippen molar-refractivity contribution < 1.29 is 18.1 Å². The fourth-order valence-corrected chi connectivity index (χ4v) is 14.6. The van der Waals surface area contributed by atoms with Gasteiger partial charge in [0.05, 0.1) is 25.1 Å². The zero-order valence-electron chi connectivity index (χ0n) is 58.4. The van der Waals surface area contributed by atoms with Crippen LogP contribution in [0.2, 0.25) is 0 Å². The number of fused-ring (bicyclic) bond motifs is 13. The summed E-state index contributed by atoms with van der Waals surface area (Å²) in [6, 6.07) is 65.9. The molecule has 4 nitrogen and oxygen atoms in total. The van der Waals surface area contributed by atoms with Crippen LogP contribution in [0.15, 0.2) is 271 Å². The molecule has 0 spiro atoms. The normalized spacial score (nSPS) is 14.6. The minimum atomic E-state index is -0.693. The number of hydrogen-bond acceptors (Lipinski definition) is 5. The Balaban J connectivity index is 1.14. The molecule has 0 amide bonds. The molecule has 0 saturated carbocycles. The Kier molecular flexibility index (Phi) is 9.71. The van der Waals surface area contributed by atoms with Crippen molar-refractivity contribution >= 4 is 128 Å². The minimum Gasteiger partial charge on any atom is -0.454 e. The van der Waals surface area contributed by atoms with E-state index >= 15 is 0 Å². The molecule has 12 aromatic carbocycles. The molecule has 0 aliphatic carbocycles. The molecule has 2 aliphatic rings. The van der Waals surface area contributed by atoms with Crippen molar-refractivity contribution in [2.75, 3.05) is 14.7 Å². The topological polar surface area (TPSA) is 22.9 Å². The fraction of sp³-hybridized carbons (Fsp3) is 0.100. The van der Waals surface area contributed by atoms with Crippen LogP contribution in [-0.4, -0.2) is 6.71 Å². The van der Waals surface area contributed by atoms with Crippen LogP contribution in [-0.2, 0) is 10.8 Å². The van der Waals surface area contributed by atoms with E-state index in [1.807, 2.05) is 102 Å². The summed E-state index contributed by atoms with van der Waals surface area (Å²) in [5, 5.41) is 3.66. The van der Waals surface area contributed by atoms with E-state index in [4.69, 9.17) is 7.16 Å². The highest BCUT2D eigenvalue weighted by molar-refractivity contribution is 7.28. The van der Waals surface area contributed by atoms with Crippen LogP contribution in [0.25, 0.3) is 75.5 Å². The largest absolute Gasteiger partial charge is 0.454 e. The van der Waals surface area contributed by atoms with Crippen molar-refractivity contribution in [2.24, 2.45) is 0 Å². The number of hydrogen-bond donors (Lipinski definition) is 0. The van der Waals surface area contributed by atoms with Crippen LogP contribution in [0, 0.1) is 0 Å². The lowest BCUT2D eigenvalue weighted by Gasteiger charge is -2.45. The van der Waals surface area contributed by atoms with Crippen molar-refractivity contribution in [2.45, 2.75) is 52.4 Å². The first kappa shape index (κ1) is 42.0. The van der Waals surface area contributed by atoms with Crippen LogP contribution in [0.4, 0.5) is 51.2 Å². The summed E-state index contributed by atoms with van der Waals surface area (Å²) in [5.41, 5.74) is 14.9. The summed E-state index contributed by atoms with van der Waals surface area (Å²) in [6.07, 6.45) is 0. The molecule has 0 N–H and O–H groups in total. The molecule has 2 aromatic heterocycles.